The number of rotatable bonds is 65. The molecule has 3 unspecified atom stereocenters. The topological polar surface area (TPSA) is 105 Å². The van der Waals surface area contributed by atoms with Gasteiger partial charge in [0.2, 0.25) is 5.91 Å². The first-order chi connectivity index (χ1) is 41.0. The smallest absolute Gasteiger partial charge is 0.387 e. The largest absolute Gasteiger partial charge is 0.472 e. The molecule has 0 fully saturated rings. The van der Waals surface area contributed by atoms with Crippen molar-refractivity contribution in [3.05, 3.63) is 97.2 Å². The Kier molecular flexibility index (Phi) is 62.9. The number of likely N-dealkylation sites (N-methyl/N-ethyl adjacent to an activating group) is 1. The van der Waals surface area contributed by atoms with Gasteiger partial charge in [0.15, 0.2) is 0 Å². The van der Waals surface area contributed by atoms with Gasteiger partial charge in [0.1, 0.15) is 13.2 Å². The van der Waals surface area contributed by atoms with Crippen LogP contribution in [0.2, 0.25) is 0 Å². The SMILES string of the molecule is CC/C=C\C/C=C\C/C=C\C/C=C\C/C=C\CCCCCCCCCCCCCCCCCCCC(=O)NC(COP(=O)(O)OCC[N+](C)(C)C)C(O)/C=C/CC/C=C/CC/C=C/CCCCCCCCCCCCCCCCCCCCC. The van der Waals surface area contributed by atoms with Gasteiger partial charge in [-0.2, -0.15) is 0 Å². The summed E-state index contributed by atoms with van der Waals surface area (Å²) in [6.45, 7) is 4.71. The summed E-state index contributed by atoms with van der Waals surface area (Å²) in [5.41, 5.74) is 0. The number of amides is 1. The van der Waals surface area contributed by atoms with Crippen LogP contribution < -0.4 is 5.32 Å². The minimum atomic E-state index is -4.37. The van der Waals surface area contributed by atoms with Gasteiger partial charge in [-0.25, -0.2) is 4.57 Å². The number of quaternary nitrogens is 1. The van der Waals surface area contributed by atoms with Crippen LogP contribution in [0, 0.1) is 0 Å². The van der Waals surface area contributed by atoms with Crippen LogP contribution in [0.25, 0.3) is 0 Å². The van der Waals surface area contributed by atoms with Crippen molar-refractivity contribution in [3.63, 3.8) is 0 Å². The van der Waals surface area contributed by atoms with Crippen LogP contribution in [0.1, 0.15) is 322 Å². The van der Waals surface area contributed by atoms with E-state index >= 15 is 0 Å². The third-order valence-electron chi connectivity index (χ3n) is 15.8. The van der Waals surface area contributed by atoms with Crippen LogP contribution in [0.15, 0.2) is 97.2 Å². The van der Waals surface area contributed by atoms with Crippen LogP contribution in [0.4, 0.5) is 0 Å². The summed E-state index contributed by atoms with van der Waals surface area (Å²) in [5, 5.41) is 14.0. The molecule has 0 radical (unpaired) electrons. The number of unbranched alkanes of at least 4 members (excludes halogenated alkanes) is 38. The highest BCUT2D eigenvalue weighted by atomic mass is 31.2. The molecule has 1 amide bonds. The molecule has 0 heterocycles. The minimum Gasteiger partial charge on any atom is -0.387 e. The Balaban J connectivity index is 4.12. The third-order valence-corrected chi connectivity index (χ3v) is 16.7. The van der Waals surface area contributed by atoms with Crippen molar-refractivity contribution < 1.29 is 32.9 Å². The van der Waals surface area contributed by atoms with Crippen LogP contribution in [-0.4, -0.2) is 73.4 Å². The number of nitrogens with one attached hydrogen (secondary N) is 1. The number of hydrogen-bond acceptors (Lipinski definition) is 5. The molecule has 0 aliphatic heterocycles. The van der Waals surface area contributed by atoms with Crippen LogP contribution in [0.3, 0.4) is 0 Å². The van der Waals surface area contributed by atoms with Gasteiger partial charge < -0.3 is 19.8 Å². The molecule has 0 aromatic heterocycles. The molecule has 0 aliphatic carbocycles. The van der Waals surface area contributed by atoms with Crippen molar-refractivity contribution in [2.45, 2.75) is 334 Å². The summed E-state index contributed by atoms with van der Waals surface area (Å²) in [5.74, 6) is -0.189. The summed E-state index contributed by atoms with van der Waals surface area (Å²) in [6.07, 6.45) is 94.2. The number of aliphatic hydroxyl groups excluding tert-OH is 1. The Labute approximate surface area is 521 Å². The maximum absolute atomic E-state index is 13.1. The van der Waals surface area contributed by atoms with Gasteiger partial charge >= 0.3 is 7.82 Å². The Hall–Kier alpha value is -2.58. The Morgan fingerprint density at radius 3 is 1.10 bits per heavy atom. The zero-order valence-corrected chi connectivity index (χ0v) is 56.8. The van der Waals surface area contributed by atoms with Gasteiger partial charge in [-0.05, 0) is 89.9 Å². The molecule has 0 saturated heterocycles. The number of aliphatic hydroxyl groups is 1. The first-order valence-corrected chi connectivity index (χ1v) is 37.1. The number of phosphoric acid groups is 1. The molecule has 488 valence electrons. The van der Waals surface area contributed by atoms with E-state index in [4.69, 9.17) is 9.05 Å². The molecule has 0 aromatic rings. The van der Waals surface area contributed by atoms with E-state index in [-0.39, 0.29) is 19.1 Å². The lowest BCUT2D eigenvalue weighted by Crippen LogP contribution is -2.45. The number of hydrogen-bond donors (Lipinski definition) is 3. The number of nitrogens with zero attached hydrogens (tertiary/aromatic N) is 1. The summed E-state index contributed by atoms with van der Waals surface area (Å²) in [7, 11) is 1.55. The molecule has 3 atom stereocenters. The van der Waals surface area contributed by atoms with E-state index in [0.717, 1.165) is 77.0 Å². The highest BCUT2D eigenvalue weighted by Crippen LogP contribution is 2.43. The summed E-state index contributed by atoms with van der Waals surface area (Å²) < 4.78 is 23.8. The molecule has 0 aliphatic rings. The van der Waals surface area contributed by atoms with Crippen LogP contribution in [0.5, 0.6) is 0 Å². The average Bonchev–Trinajstić information content (AvgIpc) is 3.56. The van der Waals surface area contributed by atoms with E-state index in [1.165, 1.54) is 225 Å². The van der Waals surface area contributed by atoms with Crippen molar-refractivity contribution in [2.75, 3.05) is 40.9 Å². The minimum absolute atomic E-state index is 0.0511. The molecular formula is C75H138N2O6P+. The second kappa shape index (κ2) is 64.9. The van der Waals surface area contributed by atoms with Gasteiger partial charge in [-0.1, -0.05) is 323 Å². The molecule has 9 heteroatoms. The average molecular weight is 1190 g/mol. The van der Waals surface area contributed by atoms with E-state index in [0.29, 0.717) is 17.4 Å². The molecule has 84 heavy (non-hydrogen) atoms. The van der Waals surface area contributed by atoms with E-state index < -0.39 is 20.0 Å². The molecule has 3 N–H and O–H groups in total. The van der Waals surface area contributed by atoms with Gasteiger partial charge in [0.05, 0.1) is 39.9 Å². The van der Waals surface area contributed by atoms with Crippen LogP contribution in [-0.2, 0) is 18.4 Å². The Morgan fingerprint density at radius 1 is 0.417 bits per heavy atom. The number of carbonyl (C=O) groups is 1. The van der Waals surface area contributed by atoms with E-state index in [2.05, 4.69) is 104 Å². The lowest BCUT2D eigenvalue weighted by atomic mass is 10.0. The highest BCUT2D eigenvalue weighted by molar-refractivity contribution is 7.47. The fraction of sp³-hybridized carbons (Fsp3) is 0.773. The van der Waals surface area contributed by atoms with E-state index in [1.54, 1.807) is 6.08 Å². The predicted octanol–water partition coefficient (Wildman–Crippen LogP) is 22.9. The lowest BCUT2D eigenvalue weighted by molar-refractivity contribution is -0.870. The first-order valence-electron chi connectivity index (χ1n) is 35.6. The Morgan fingerprint density at radius 2 is 0.726 bits per heavy atom. The molecule has 0 bridgehead atoms. The molecule has 0 saturated carbocycles. The maximum Gasteiger partial charge on any atom is 0.472 e. The molecular weight excluding hydrogens is 1060 g/mol. The highest BCUT2D eigenvalue weighted by Gasteiger charge is 2.28. The Bertz CT molecular complexity index is 1690. The summed E-state index contributed by atoms with van der Waals surface area (Å²) in [6, 6.07) is -0.876. The standard InChI is InChI=1S/C75H137N2O6P/c1-6-8-10-12-14-16-18-20-22-24-26-28-30-32-34-36-37-38-39-41-43-45-47-49-51-53-55-57-59-61-63-65-67-69-75(79)76-73(72-83-84(80,81)82-71-70-77(3,4)5)74(78)68-66-64-62-60-58-56-54-52-50-48-46-44-42-40-35-33-31-29-27-25-23-21-19-17-15-13-11-9-7-2/h8,10,14,16,20,22,26,28,32,34,50,52,58,60,66,68,73-74,78H,6-7,9,11-13,15,17-19,21,23-25,27,29-31,33,35-49,51,53-57,59,61-65,67,69-72H2,1-5H3,(H-,76,79,80,81)/p+1/b10-8-,16-14-,22-20-,28-26-,34-32-,52-50+,60-58+,68-66+. The van der Waals surface area contributed by atoms with Crippen molar-refractivity contribution in [1.29, 1.82) is 0 Å². The molecule has 0 rings (SSSR count). The van der Waals surface area contributed by atoms with Crippen LogP contribution >= 0.6 is 7.82 Å². The normalized spacial score (nSPS) is 14.2. The fourth-order valence-electron chi connectivity index (χ4n) is 10.3. The van der Waals surface area contributed by atoms with E-state index in [9.17, 15) is 19.4 Å². The second-order valence-electron chi connectivity index (χ2n) is 25.2. The number of phosphoric ester groups is 1. The quantitative estimate of drug-likeness (QED) is 0.0243. The zero-order chi connectivity index (χ0) is 61.2. The van der Waals surface area contributed by atoms with Crippen molar-refractivity contribution in [2.24, 2.45) is 0 Å². The summed E-state index contributed by atoms with van der Waals surface area (Å²) >= 11 is 0. The molecule has 0 spiro atoms. The van der Waals surface area contributed by atoms with Gasteiger partial charge in [-0.3, -0.25) is 13.8 Å². The van der Waals surface area contributed by atoms with Crippen molar-refractivity contribution in [3.8, 4) is 0 Å². The lowest BCUT2D eigenvalue weighted by Gasteiger charge is -2.25. The van der Waals surface area contributed by atoms with Crippen molar-refractivity contribution >= 4 is 13.7 Å². The summed E-state index contributed by atoms with van der Waals surface area (Å²) in [4.78, 5) is 23.4. The van der Waals surface area contributed by atoms with Crippen molar-refractivity contribution in [1.82, 2.24) is 5.32 Å². The van der Waals surface area contributed by atoms with Gasteiger partial charge in [0.25, 0.3) is 0 Å². The third kappa shape index (κ3) is 66.9. The predicted molar refractivity (Wildman–Crippen MR) is 369 cm³/mol. The fourth-order valence-corrected chi connectivity index (χ4v) is 11.0. The monoisotopic (exact) mass is 1190 g/mol. The van der Waals surface area contributed by atoms with E-state index in [1.807, 2.05) is 27.2 Å². The second-order valence-corrected chi connectivity index (χ2v) is 26.7. The van der Waals surface area contributed by atoms with Gasteiger partial charge in [-0.15, -0.1) is 0 Å². The van der Waals surface area contributed by atoms with Gasteiger partial charge in [0, 0.05) is 6.42 Å². The maximum atomic E-state index is 13.1. The zero-order valence-electron chi connectivity index (χ0n) is 55.9. The molecule has 8 nitrogen and oxygen atoms in total. The number of carbonyl (C=O) groups excluding carboxylic acids is 1. The number of allylic oxidation sites excluding steroid dienone is 15. The first kappa shape index (κ1) is 81.4. The molecule has 0 aromatic carbocycles.